The van der Waals surface area contributed by atoms with Crippen LogP contribution >= 0.6 is 35.1 Å². The van der Waals surface area contributed by atoms with Crippen molar-refractivity contribution < 1.29 is 8.68 Å². The van der Waals surface area contributed by atoms with E-state index in [9.17, 15) is 4.79 Å². The van der Waals surface area contributed by atoms with Crippen LogP contribution < -0.4 is 0 Å². The van der Waals surface area contributed by atoms with Gasteiger partial charge in [-0.05, 0) is 43.7 Å². The number of aromatic nitrogens is 1. The molecule has 1 aliphatic rings. The van der Waals surface area contributed by atoms with Crippen LogP contribution in [0.1, 0.15) is 19.4 Å². The molecular formula is C19H20Cl2N3OS+. The Bertz CT molecular complexity index is 837. The molecule has 2 amide bonds. The van der Waals surface area contributed by atoms with Crippen molar-refractivity contribution >= 4 is 41.2 Å². The topological polar surface area (TPSA) is 33.2 Å². The fourth-order valence-corrected chi connectivity index (χ4v) is 4.84. The number of rotatable bonds is 5. The van der Waals surface area contributed by atoms with Gasteiger partial charge in [-0.1, -0.05) is 29.3 Å². The fraction of sp³-hybridized carbons (Fsp3) is 0.263. The first-order valence-electron chi connectivity index (χ1n) is 8.25. The van der Waals surface area contributed by atoms with Gasteiger partial charge in [0, 0.05) is 35.9 Å². The highest BCUT2D eigenvalue weighted by Gasteiger charge is 2.50. The van der Waals surface area contributed by atoms with E-state index in [0.29, 0.717) is 16.5 Å². The Morgan fingerprint density at radius 1 is 1.23 bits per heavy atom. The zero-order valence-corrected chi connectivity index (χ0v) is 17.1. The van der Waals surface area contributed by atoms with E-state index in [1.807, 2.05) is 57.6 Å². The highest BCUT2D eigenvalue weighted by atomic mass is 35.5. The van der Waals surface area contributed by atoms with Gasteiger partial charge in [-0.3, -0.25) is 9.88 Å². The molecule has 26 heavy (non-hydrogen) atoms. The Labute approximate surface area is 168 Å². The van der Waals surface area contributed by atoms with Crippen LogP contribution in [-0.4, -0.2) is 32.9 Å². The molecule has 1 unspecified atom stereocenters. The molecule has 2 heterocycles. The Morgan fingerprint density at radius 2 is 1.92 bits per heavy atom. The summed E-state index contributed by atoms with van der Waals surface area (Å²) >= 11 is 13.7. The summed E-state index contributed by atoms with van der Waals surface area (Å²) in [4.78, 5) is 19.9. The first-order chi connectivity index (χ1) is 12.3. The number of quaternary nitrogens is 1. The lowest BCUT2D eigenvalue weighted by atomic mass is 10.1. The van der Waals surface area contributed by atoms with E-state index in [4.69, 9.17) is 23.2 Å². The lowest BCUT2D eigenvalue weighted by Crippen LogP contribution is -2.47. The number of hydrogen-bond donors (Lipinski definition) is 0. The van der Waals surface area contributed by atoms with Crippen LogP contribution in [0.2, 0.25) is 10.0 Å². The summed E-state index contributed by atoms with van der Waals surface area (Å²) in [6.45, 7) is 4.07. The summed E-state index contributed by atoms with van der Waals surface area (Å²) in [5, 5.41) is 1.11. The maximum atomic E-state index is 13.2. The van der Waals surface area contributed by atoms with Gasteiger partial charge in [-0.2, -0.15) is 0 Å². The maximum Gasteiger partial charge on any atom is 0.440 e. The molecule has 7 heteroatoms. The average molecular weight is 409 g/mol. The third-order valence-electron chi connectivity index (χ3n) is 4.33. The number of pyridine rings is 1. The molecule has 4 nitrogen and oxygen atoms in total. The molecule has 0 saturated heterocycles. The van der Waals surface area contributed by atoms with Gasteiger partial charge < -0.3 is 0 Å². The van der Waals surface area contributed by atoms with Gasteiger partial charge in [-0.15, -0.1) is 3.89 Å². The van der Waals surface area contributed by atoms with Gasteiger partial charge in [0.05, 0.1) is 10.6 Å². The molecule has 1 aliphatic heterocycles. The van der Waals surface area contributed by atoms with Crippen molar-refractivity contribution in [3.05, 3.63) is 70.2 Å². The van der Waals surface area contributed by atoms with Crippen LogP contribution in [0.3, 0.4) is 0 Å². The van der Waals surface area contributed by atoms with Crippen molar-refractivity contribution in [2.75, 3.05) is 7.05 Å². The second-order valence-corrected chi connectivity index (χ2v) is 8.63. The SMILES string of the molecule is CC(C)[N+]1(Sc2cc(Cl)cc(Cl)c2)C=C(Cc2cccnc2)N(C)C1=O. The van der Waals surface area contributed by atoms with Crippen molar-refractivity contribution in [1.82, 2.24) is 9.88 Å². The third-order valence-corrected chi connectivity index (χ3v) is 6.19. The Hall–Kier alpha value is -1.53. The van der Waals surface area contributed by atoms with Gasteiger partial charge in [0.25, 0.3) is 0 Å². The van der Waals surface area contributed by atoms with E-state index in [1.54, 1.807) is 17.2 Å². The number of carbonyl (C=O) groups excluding carboxylic acids is 1. The van der Waals surface area contributed by atoms with Gasteiger partial charge in [0.2, 0.25) is 0 Å². The minimum Gasteiger partial charge on any atom is -0.264 e. The Kier molecular flexibility index (Phi) is 5.63. The molecule has 0 spiro atoms. The number of amides is 2. The normalized spacial score (nSPS) is 20.0. The molecule has 1 aromatic heterocycles. The van der Waals surface area contributed by atoms with E-state index >= 15 is 0 Å². The first-order valence-corrected chi connectivity index (χ1v) is 9.78. The molecule has 0 radical (unpaired) electrons. The second kappa shape index (κ2) is 7.61. The van der Waals surface area contributed by atoms with E-state index in [2.05, 4.69) is 4.98 Å². The first kappa shape index (κ1) is 19.2. The quantitative estimate of drug-likeness (QED) is 0.464. The van der Waals surface area contributed by atoms with Gasteiger partial charge in [-0.25, -0.2) is 4.79 Å². The molecule has 0 fully saturated rings. The van der Waals surface area contributed by atoms with E-state index < -0.39 is 0 Å². The van der Waals surface area contributed by atoms with Crippen molar-refractivity contribution in [2.24, 2.45) is 0 Å². The third kappa shape index (κ3) is 3.76. The summed E-state index contributed by atoms with van der Waals surface area (Å²) in [7, 11) is 1.82. The standard InChI is InChI=1S/C19H20Cl2N3OS/c1-13(2)24(26-18-9-15(20)8-16(21)10-18)12-17(23(3)19(24)25)7-14-5-4-6-22-11-14/h4-6,8-13H,7H2,1-3H3/q+1. The zero-order chi connectivity index (χ0) is 18.9. The maximum absolute atomic E-state index is 13.2. The summed E-state index contributed by atoms with van der Waals surface area (Å²) in [6, 6.07) is 9.33. The summed E-state index contributed by atoms with van der Waals surface area (Å²) < 4.78 is 0.128. The molecule has 0 saturated carbocycles. The van der Waals surface area contributed by atoms with Crippen LogP contribution in [0.4, 0.5) is 4.79 Å². The lowest BCUT2D eigenvalue weighted by molar-refractivity contribution is -0.675. The van der Waals surface area contributed by atoms with Gasteiger partial charge in [0.15, 0.2) is 0 Å². The summed E-state index contributed by atoms with van der Waals surface area (Å²) in [5.74, 6) is 0. The van der Waals surface area contributed by atoms with Crippen LogP contribution in [0.25, 0.3) is 0 Å². The largest absolute Gasteiger partial charge is 0.440 e. The number of carbonyl (C=O) groups is 1. The van der Waals surface area contributed by atoms with Crippen molar-refractivity contribution in [3.63, 3.8) is 0 Å². The van der Waals surface area contributed by atoms with Crippen molar-refractivity contribution in [1.29, 1.82) is 0 Å². The highest BCUT2D eigenvalue weighted by molar-refractivity contribution is 7.94. The van der Waals surface area contributed by atoms with E-state index in [-0.39, 0.29) is 16.0 Å². The monoisotopic (exact) mass is 408 g/mol. The lowest BCUT2D eigenvalue weighted by Gasteiger charge is -2.30. The highest BCUT2D eigenvalue weighted by Crippen LogP contribution is 2.43. The van der Waals surface area contributed by atoms with E-state index in [1.165, 1.54) is 11.9 Å². The van der Waals surface area contributed by atoms with Gasteiger partial charge in [0.1, 0.15) is 24.2 Å². The molecular weight excluding hydrogens is 389 g/mol. The molecule has 3 rings (SSSR count). The molecule has 1 atom stereocenters. The van der Waals surface area contributed by atoms with Gasteiger partial charge >= 0.3 is 6.03 Å². The van der Waals surface area contributed by atoms with Crippen LogP contribution in [0.5, 0.6) is 0 Å². The molecule has 0 N–H and O–H groups in total. The molecule has 1 aromatic carbocycles. The molecule has 0 aliphatic carbocycles. The second-order valence-electron chi connectivity index (χ2n) is 6.50. The summed E-state index contributed by atoms with van der Waals surface area (Å²) in [6.07, 6.45) is 6.25. The Morgan fingerprint density at radius 3 is 2.50 bits per heavy atom. The van der Waals surface area contributed by atoms with Crippen molar-refractivity contribution in [3.8, 4) is 0 Å². The minimum atomic E-state index is 0.0139. The van der Waals surface area contributed by atoms with Crippen LogP contribution in [-0.2, 0) is 6.42 Å². The molecule has 2 aromatic rings. The minimum absolute atomic E-state index is 0.0139. The van der Waals surface area contributed by atoms with Crippen LogP contribution in [0, 0.1) is 0 Å². The zero-order valence-electron chi connectivity index (χ0n) is 14.8. The predicted molar refractivity (Wildman–Crippen MR) is 107 cm³/mol. The number of allylic oxidation sites excluding steroid dienone is 1. The number of nitrogens with zero attached hydrogens (tertiary/aromatic N) is 3. The Balaban J connectivity index is 1.97. The molecule has 136 valence electrons. The summed E-state index contributed by atoms with van der Waals surface area (Å²) in [5.41, 5.74) is 2.02. The number of likely N-dealkylation sites (N-methyl/N-ethyl adjacent to an activating group) is 1. The fourth-order valence-electron chi connectivity index (χ4n) is 2.89. The number of hydrogen-bond acceptors (Lipinski definition) is 3. The smallest absolute Gasteiger partial charge is 0.264 e. The number of benzene rings is 1. The molecule has 0 bridgehead atoms. The number of urea groups is 1. The average Bonchev–Trinajstić information content (AvgIpc) is 2.81. The predicted octanol–water partition coefficient (Wildman–Crippen LogP) is 5.77. The van der Waals surface area contributed by atoms with Crippen molar-refractivity contribution in [2.45, 2.75) is 31.2 Å². The van der Waals surface area contributed by atoms with Crippen LogP contribution in [0.15, 0.2) is 59.5 Å². The van der Waals surface area contributed by atoms with E-state index in [0.717, 1.165) is 16.2 Å². The number of halogens is 2.